The lowest BCUT2D eigenvalue weighted by Gasteiger charge is -2.45. The average Bonchev–Trinajstić information content (AvgIpc) is 2.86. The van der Waals surface area contributed by atoms with Gasteiger partial charge in [-0.1, -0.05) is 23.2 Å². The molecule has 0 bridgehead atoms. The smallest absolute Gasteiger partial charge is 0.225 e. The lowest BCUT2D eigenvalue weighted by molar-refractivity contribution is 0.178. The van der Waals surface area contributed by atoms with Crippen molar-refractivity contribution in [2.24, 2.45) is 10.4 Å². The van der Waals surface area contributed by atoms with Crippen molar-refractivity contribution in [3.05, 3.63) is 45.7 Å². The minimum atomic E-state index is -0.00571. The van der Waals surface area contributed by atoms with Crippen LogP contribution < -0.4 is 10.2 Å². The number of fused-ring (bicyclic) bond motifs is 1. The van der Waals surface area contributed by atoms with Crippen molar-refractivity contribution in [3.8, 4) is 0 Å². The summed E-state index contributed by atoms with van der Waals surface area (Å²) in [5.74, 6) is 1.87. The molecule has 9 heteroatoms. The number of benzene rings is 1. The molecule has 3 aliphatic rings. The summed E-state index contributed by atoms with van der Waals surface area (Å²) in [5.41, 5.74) is 3.24. The Morgan fingerprint density at radius 1 is 1.06 bits per heavy atom. The van der Waals surface area contributed by atoms with Crippen LogP contribution in [0.4, 0.5) is 11.6 Å². The number of aliphatic imine (C=N–C) groups is 1. The third kappa shape index (κ3) is 5.29. The number of nitrogens with one attached hydrogen (secondary N) is 1. The van der Waals surface area contributed by atoms with E-state index in [1.54, 1.807) is 0 Å². The van der Waals surface area contributed by atoms with Gasteiger partial charge in [0.1, 0.15) is 5.84 Å². The Bertz CT molecular complexity index is 1070. The van der Waals surface area contributed by atoms with E-state index in [0.29, 0.717) is 22.6 Å². The quantitative estimate of drug-likeness (QED) is 0.642. The van der Waals surface area contributed by atoms with Crippen LogP contribution in [0.25, 0.3) is 0 Å². The van der Waals surface area contributed by atoms with E-state index in [-0.39, 0.29) is 5.41 Å². The van der Waals surface area contributed by atoms with Gasteiger partial charge >= 0.3 is 0 Å². The number of anilines is 2. The van der Waals surface area contributed by atoms with Crippen LogP contribution in [-0.4, -0.2) is 79.0 Å². The first-order valence-electron chi connectivity index (χ1n) is 12.5. The van der Waals surface area contributed by atoms with Crippen LogP contribution in [0, 0.1) is 5.41 Å². The van der Waals surface area contributed by atoms with Crippen LogP contribution in [0.3, 0.4) is 0 Å². The van der Waals surface area contributed by atoms with Gasteiger partial charge in [-0.05, 0) is 84.0 Å². The maximum Gasteiger partial charge on any atom is 0.225 e. The molecule has 0 aliphatic carbocycles. The summed E-state index contributed by atoms with van der Waals surface area (Å²) in [6.07, 6.45) is 9.20. The summed E-state index contributed by atoms with van der Waals surface area (Å²) in [6.45, 7) is 4.66. The van der Waals surface area contributed by atoms with E-state index in [9.17, 15) is 0 Å². The van der Waals surface area contributed by atoms with Gasteiger partial charge in [0.25, 0.3) is 0 Å². The van der Waals surface area contributed by atoms with Crippen LogP contribution in [0.5, 0.6) is 0 Å². The minimum absolute atomic E-state index is 0.00571. The number of likely N-dealkylation sites (tertiary alicyclic amines) is 1. The second kappa shape index (κ2) is 10.2. The molecule has 0 amide bonds. The minimum Gasteiger partial charge on any atom is -0.343 e. The Labute approximate surface area is 218 Å². The molecular weight excluding hydrogens is 481 g/mol. The third-order valence-corrected chi connectivity index (χ3v) is 8.69. The van der Waals surface area contributed by atoms with Crippen molar-refractivity contribution in [1.29, 1.82) is 0 Å². The Hall–Kier alpha value is -1.93. The molecule has 4 heterocycles. The number of amidine groups is 1. The third-order valence-electron chi connectivity index (χ3n) is 7.96. The highest BCUT2D eigenvalue weighted by molar-refractivity contribution is 6.42. The molecule has 1 aromatic carbocycles. The molecule has 0 radical (unpaired) electrons. The van der Waals surface area contributed by atoms with Gasteiger partial charge < -0.3 is 20.0 Å². The standard InChI is InChI=1S/C26H35Cl2N7/c1-33(2)20-4-8-35(9-5-20)25-30-16-18(17-31-25)15-29-24-26(6-10-34(3)11-7-26)14-19-12-21(27)22(28)13-23(19)32-24/h12-13,16-17,20H,4-11,14-15H2,1-3H3,(H,29,32). The molecule has 3 aliphatic heterocycles. The second-order valence-corrected chi connectivity index (χ2v) is 11.4. The van der Waals surface area contributed by atoms with Crippen LogP contribution >= 0.6 is 23.2 Å². The fraction of sp³-hybridized carbons (Fsp3) is 0.577. The normalized spacial score (nSPS) is 22.0. The van der Waals surface area contributed by atoms with Gasteiger partial charge in [0.15, 0.2) is 0 Å². The van der Waals surface area contributed by atoms with Gasteiger partial charge in [-0.25, -0.2) is 9.97 Å². The van der Waals surface area contributed by atoms with Crippen LogP contribution in [0.2, 0.25) is 10.0 Å². The first-order valence-corrected chi connectivity index (χ1v) is 13.3. The number of halogens is 2. The van der Waals surface area contributed by atoms with Gasteiger partial charge in [-0.15, -0.1) is 0 Å². The SMILES string of the molecule is CN1CCC2(CC1)Cc1cc(Cl)c(Cl)cc1NC2=NCc1cnc(N2CCC(N(C)C)CC2)nc1. The molecule has 0 saturated carbocycles. The Kier molecular flexibility index (Phi) is 7.22. The highest BCUT2D eigenvalue weighted by Crippen LogP contribution is 2.44. The van der Waals surface area contributed by atoms with Crippen LogP contribution in [-0.2, 0) is 13.0 Å². The number of hydrogen-bond donors (Lipinski definition) is 1. The molecule has 0 unspecified atom stereocenters. The topological polar surface area (TPSA) is 59.9 Å². The average molecular weight is 517 g/mol. The predicted molar refractivity (Wildman–Crippen MR) is 145 cm³/mol. The number of aromatic nitrogens is 2. The van der Waals surface area contributed by atoms with Crippen molar-refractivity contribution < 1.29 is 0 Å². The number of piperidine rings is 2. The van der Waals surface area contributed by atoms with E-state index in [2.05, 4.69) is 51.1 Å². The van der Waals surface area contributed by atoms with E-state index in [4.69, 9.17) is 28.2 Å². The number of nitrogens with zero attached hydrogens (tertiary/aromatic N) is 6. The molecule has 5 rings (SSSR count). The molecular formula is C26H35Cl2N7. The lowest BCUT2D eigenvalue weighted by Crippen LogP contribution is -2.49. The molecule has 2 aromatic rings. The van der Waals surface area contributed by atoms with E-state index < -0.39 is 0 Å². The first-order chi connectivity index (χ1) is 16.8. The van der Waals surface area contributed by atoms with Crippen molar-refractivity contribution >= 4 is 40.7 Å². The van der Waals surface area contributed by atoms with Crippen LogP contribution in [0.1, 0.15) is 36.8 Å². The summed E-state index contributed by atoms with van der Waals surface area (Å²) in [6, 6.07) is 4.58. The van der Waals surface area contributed by atoms with Gasteiger partial charge in [0.05, 0.1) is 16.6 Å². The zero-order chi connectivity index (χ0) is 24.6. The maximum atomic E-state index is 6.35. The van der Waals surface area contributed by atoms with E-state index >= 15 is 0 Å². The van der Waals surface area contributed by atoms with Gasteiger partial charge in [-0.2, -0.15) is 0 Å². The Morgan fingerprint density at radius 2 is 1.71 bits per heavy atom. The highest BCUT2D eigenvalue weighted by Gasteiger charge is 2.42. The molecule has 1 aromatic heterocycles. The van der Waals surface area contributed by atoms with Crippen molar-refractivity contribution in [2.75, 3.05) is 57.5 Å². The second-order valence-electron chi connectivity index (χ2n) is 10.5. The number of hydrogen-bond acceptors (Lipinski definition) is 6. The maximum absolute atomic E-state index is 6.35. The lowest BCUT2D eigenvalue weighted by atomic mass is 9.70. The van der Waals surface area contributed by atoms with Gasteiger partial charge in [0, 0.05) is 48.2 Å². The summed E-state index contributed by atoms with van der Waals surface area (Å²) in [7, 11) is 6.51. The Balaban J connectivity index is 1.32. The summed E-state index contributed by atoms with van der Waals surface area (Å²) >= 11 is 12.7. The Morgan fingerprint density at radius 3 is 2.37 bits per heavy atom. The van der Waals surface area contributed by atoms with Crippen molar-refractivity contribution in [2.45, 2.75) is 44.7 Å². The summed E-state index contributed by atoms with van der Waals surface area (Å²) in [5, 5.41) is 4.80. The molecule has 0 atom stereocenters. The first kappa shape index (κ1) is 24.8. The molecule has 7 nitrogen and oxygen atoms in total. The fourth-order valence-corrected chi connectivity index (χ4v) is 5.92. The summed E-state index contributed by atoms with van der Waals surface area (Å²) < 4.78 is 0. The van der Waals surface area contributed by atoms with Gasteiger partial charge in [-0.3, -0.25) is 4.99 Å². The zero-order valence-corrected chi connectivity index (χ0v) is 22.4. The largest absolute Gasteiger partial charge is 0.343 e. The number of rotatable bonds is 4. The molecule has 2 saturated heterocycles. The monoisotopic (exact) mass is 515 g/mol. The van der Waals surface area contributed by atoms with E-state index in [1.807, 2.05) is 24.5 Å². The van der Waals surface area contributed by atoms with Gasteiger partial charge in [0.2, 0.25) is 5.95 Å². The fourth-order valence-electron chi connectivity index (χ4n) is 5.57. The molecule has 35 heavy (non-hydrogen) atoms. The molecule has 2 fully saturated rings. The predicted octanol–water partition coefficient (Wildman–Crippen LogP) is 4.59. The summed E-state index contributed by atoms with van der Waals surface area (Å²) in [4.78, 5) is 21.4. The van der Waals surface area contributed by atoms with Crippen molar-refractivity contribution in [1.82, 2.24) is 19.8 Å². The van der Waals surface area contributed by atoms with Crippen molar-refractivity contribution in [3.63, 3.8) is 0 Å². The van der Waals surface area contributed by atoms with E-state index in [0.717, 1.165) is 81.3 Å². The zero-order valence-electron chi connectivity index (χ0n) is 20.9. The highest BCUT2D eigenvalue weighted by atomic mass is 35.5. The molecule has 1 spiro atoms. The van der Waals surface area contributed by atoms with E-state index in [1.165, 1.54) is 5.56 Å². The molecule has 188 valence electrons. The molecule has 1 N–H and O–H groups in total. The van der Waals surface area contributed by atoms with Crippen LogP contribution in [0.15, 0.2) is 29.5 Å².